The van der Waals surface area contributed by atoms with E-state index >= 15 is 4.39 Å². The topological polar surface area (TPSA) is 61.0 Å². The van der Waals surface area contributed by atoms with Crippen LogP contribution in [0, 0.1) is 0 Å². The third-order valence-corrected chi connectivity index (χ3v) is 5.98. The second-order valence-electron chi connectivity index (χ2n) is 7.70. The van der Waals surface area contributed by atoms with E-state index in [-0.39, 0.29) is 12.1 Å². The Balaban J connectivity index is 1.28. The molecule has 2 aliphatic rings. The number of aromatic amines is 1. The quantitative estimate of drug-likeness (QED) is 0.839. The lowest BCUT2D eigenvalue weighted by Gasteiger charge is -2.37. The number of fused-ring (bicyclic) bond motifs is 1. The van der Waals surface area contributed by atoms with Crippen LogP contribution >= 0.6 is 11.6 Å². The molecule has 1 aliphatic carbocycles. The minimum absolute atomic E-state index is 0.0866. The molecule has 1 aliphatic heterocycles. The summed E-state index contributed by atoms with van der Waals surface area (Å²) in [6, 6.07) is 7.34. The number of hydrogen-bond acceptors (Lipinski definition) is 2. The molecule has 2 N–H and O–H groups in total. The number of nitrogens with zero attached hydrogens (tertiary/aromatic N) is 2. The van der Waals surface area contributed by atoms with Crippen LogP contribution in [0.4, 0.5) is 9.18 Å². The van der Waals surface area contributed by atoms with Gasteiger partial charge in [0, 0.05) is 42.7 Å². The van der Waals surface area contributed by atoms with E-state index in [1.165, 1.54) is 5.56 Å². The van der Waals surface area contributed by atoms with Gasteiger partial charge in [0.05, 0.1) is 6.20 Å². The minimum Gasteiger partial charge on any atom is -0.335 e. The van der Waals surface area contributed by atoms with Crippen LogP contribution in [0.25, 0.3) is 0 Å². The van der Waals surface area contributed by atoms with Crippen LogP contribution < -0.4 is 5.32 Å². The van der Waals surface area contributed by atoms with Gasteiger partial charge in [-0.25, -0.2) is 9.18 Å². The van der Waals surface area contributed by atoms with E-state index < -0.39 is 5.67 Å². The van der Waals surface area contributed by atoms with Crippen molar-refractivity contribution >= 4 is 17.6 Å². The first kappa shape index (κ1) is 18.3. The molecule has 1 aromatic heterocycles. The van der Waals surface area contributed by atoms with Gasteiger partial charge in [-0.15, -0.1) is 0 Å². The van der Waals surface area contributed by atoms with Crippen LogP contribution in [0.3, 0.4) is 0 Å². The van der Waals surface area contributed by atoms with Crippen molar-refractivity contribution in [2.24, 2.45) is 0 Å². The molecule has 27 heavy (non-hydrogen) atoms. The van der Waals surface area contributed by atoms with Crippen LogP contribution in [-0.2, 0) is 19.3 Å². The average Bonchev–Trinajstić information content (AvgIpc) is 3.12. The summed E-state index contributed by atoms with van der Waals surface area (Å²) in [7, 11) is 0. The first-order valence-electron chi connectivity index (χ1n) is 9.51. The molecule has 0 bridgehead atoms. The van der Waals surface area contributed by atoms with Crippen molar-refractivity contribution in [3.05, 3.63) is 52.3 Å². The van der Waals surface area contributed by atoms with Crippen molar-refractivity contribution in [1.82, 2.24) is 20.4 Å². The van der Waals surface area contributed by atoms with E-state index in [9.17, 15) is 4.79 Å². The van der Waals surface area contributed by atoms with Gasteiger partial charge >= 0.3 is 6.03 Å². The van der Waals surface area contributed by atoms with E-state index in [0.717, 1.165) is 30.5 Å². The molecule has 5 nitrogen and oxygen atoms in total. The van der Waals surface area contributed by atoms with Gasteiger partial charge in [-0.1, -0.05) is 23.7 Å². The second kappa shape index (κ2) is 7.50. The average molecular weight is 391 g/mol. The van der Waals surface area contributed by atoms with Crippen LogP contribution in [0.15, 0.2) is 30.5 Å². The maximum Gasteiger partial charge on any atom is 0.317 e. The maximum absolute atomic E-state index is 15.2. The van der Waals surface area contributed by atoms with Crippen molar-refractivity contribution in [2.45, 2.75) is 50.2 Å². The molecule has 0 saturated carbocycles. The molecule has 1 fully saturated rings. The van der Waals surface area contributed by atoms with Crippen LogP contribution in [-0.4, -0.2) is 45.9 Å². The number of aromatic nitrogens is 2. The molecule has 2 aromatic rings. The summed E-state index contributed by atoms with van der Waals surface area (Å²) in [6.07, 6.45) is 5.56. The highest BCUT2D eigenvalue weighted by Gasteiger charge is 2.36. The van der Waals surface area contributed by atoms with Gasteiger partial charge in [-0.3, -0.25) is 5.10 Å². The number of urea groups is 1. The van der Waals surface area contributed by atoms with Gasteiger partial charge in [0.15, 0.2) is 0 Å². The Kier molecular flexibility index (Phi) is 5.08. The van der Waals surface area contributed by atoms with Crippen LogP contribution in [0.2, 0.25) is 5.02 Å². The van der Waals surface area contributed by atoms with Crippen molar-refractivity contribution in [1.29, 1.82) is 0 Å². The highest BCUT2D eigenvalue weighted by molar-refractivity contribution is 6.30. The number of nitrogens with one attached hydrogen (secondary N) is 2. The summed E-state index contributed by atoms with van der Waals surface area (Å²) in [5.41, 5.74) is 2.02. The molecular formula is C20H24ClFN4O. The lowest BCUT2D eigenvalue weighted by molar-refractivity contribution is 0.0705. The number of halogens is 2. The Morgan fingerprint density at radius 1 is 1.33 bits per heavy atom. The molecule has 2 amide bonds. The van der Waals surface area contributed by atoms with Crippen LogP contribution in [0.5, 0.6) is 0 Å². The third kappa shape index (κ3) is 4.26. The smallest absolute Gasteiger partial charge is 0.317 e. The Bertz CT molecular complexity index is 799. The number of likely N-dealkylation sites (tertiary alicyclic amines) is 1. The van der Waals surface area contributed by atoms with E-state index in [4.69, 9.17) is 11.6 Å². The van der Waals surface area contributed by atoms with Gasteiger partial charge in [-0.05, 0) is 48.9 Å². The summed E-state index contributed by atoms with van der Waals surface area (Å²) in [6.45, 7) is 0.885. The SMILES string of the molecule is O=C(NC1CCc2cn[nH]c2C1)N1CCC(F)(Cc2ccc(Cl)cc2)CC1. The van der Waals surface area contributed by atoms with Crippen molar-refractivity contribution in [3.63, 3.8) is 0 Å². The fraction of sp³-hybridized carbons (Fsp3) is 0.500. The lowest BCUT2D eigenvalue weighted by Crippen LogP contribution is -2.52. The summed E-state index contributed by atoms with van der Waals surface area (Å²) in [5.74, 6) is 0. The molecule has 0 spiro atoms. The Morgan fingerprint density at radius 2 is 2.07 bits per heavy atom. The number of rotatable bonds is 3. The molecule has 144 valence electrons. The number of aryl methyl sites for hydroxylation is 1. The number of carbonyl (C=O) groups excluding carboxylic acids is 1. The number of amides is 2. The van der Waals surface area contributed by atoms with Gasteiger partial charge in [0.25, 0.3) is 0 Å². The molecule has 0 radical (unpaired) electrons. The second-order valence-corrected chi connectivity index (χ2v) is 8.14. The highest BCUT2D eigenvalue weighted by atomic mass is 35.5. The number of carbonyl (C=O) groups is 1. The van der Waals surface area contributed by atoms with Gasteiger partial charge in [-0.2, -0.15) is 5.10 Å². The Labute approximate surface area is 163 Å². The first-order valence-corrected chi connectivity index (χ1v) is 9.88. The van der Waals surface area contributed by atoms with Crippen LogP contribution in [0.1, 0.15) is 36.1 Å². The molecule has 1 atom stereocenters. The predicted molar refractivity (Wildman–Crippen MR) is 103 cm³/mol. The largest absolute Gasteiger partial charge is 0.335 e. The summed E-state index contributed by atoms with van der Waals surface area (Å²) >= 11 is 5.89. The molecule has 1 saturated heterocycles. The standard InChI is InChI=1S/C20H24ClFN4O/c21-16-4-1-14(2-5-16)12-20(22)7-9-26(10-8-20)19(27)24-17-6-3-15-13-23-25-18(15)11-17/h1-2,4-5,13,17H,3,6-12H2,(H,23,25)(H,24,27). The summed E-state index contributed by atoms with van der Waals surface area (Å²) in [5, 5.41) is 10.8. The third-order valence-electron chi connectivity index (χ3n) is 5.73. The van der Waals surface area contributed by atoms with Crippen molar-refractivity contribution < 1.29 is 9.18 Å². The van der Waals surface area contributed by atoms with Gasteiger partial charge in [0.1, 0.15) is 5.67 Å². The lowest BCUT2D eigenvalue weighted by atomic mass is 9.87. The minimum atomic E-state index is -1.26. The van der Waals surface area contributed by atoms with Crippen molar-refractivity contribution in [2.75, 3.05) is 13.1 Å². The zero-order valence-corrected chi connectivity index (χ0v) is 15.9. The molecule has 1 unspecified atom stereocenters. The van der Waals surface area contributed by atoms with E-state index in [1.54, 1.807) is 17.0 Å². The van der Waals surface area contributed by atoms with E-state index in [0.29, 0.717) is 37.4 Å². The van der Waals surface area contributed by atoms with Crippen molar-refractivity contribution in [3.8, 4) is 0 Å². The molecule has 2 heterocycles. The fourth-order valence-electron chi connectivity index (χ4n) is 4.05. The predicted octanol–water partition coefficient (Wildman–Crippen LogP) is 3.68. The first-order chi connectivity index (χ1) is 13.0. The molecular weight excluding hydrogens is 367 g/mol. The molecule has 7 heteroatoms. The highest BCUT2D eigenvalue weighted by Crippen LogP contribution is 2.31. The summed E-state index contributed by atoms with van der Waals surface area (Å²) in [4.78, 5) is 14.3. The Hall–Kier alpha value is -2.08. The number of hydrogen-bond donors (Lipinski definition) is 2. The monoisotopic (exact) mass is 390 g/mol. The van der Waals surface area contributed by atoms with Gasteiger partial charge in [0.2, 0.25) is 0 Å². The zero-order chi connectivity index (χ0) is 18.9. The fourth-order valence-corrected chi connectivity index (χ4v) is 4.18. The Morgan fingerprint density at radius 3 is 2.81 bits per heavy atom. The maximum atomic E-state index is 15.2. The van der Waals surface area contributed by atoms with E-state index in [2.05, 4.69) is 15.5 Å². The normalized spacial score (nSPS) is 21.6. The molecule has 4 rings (SSSR count). The number of alkyl halides is 1. The molecule has 1 aromatic carbocycles. The van der Waals surface area contributed by atoms with E-state index in [1.807, 2.05) is 18.3 Å². The summed E-state index contributed by atoms with van der Waals surface area (Å²) < 4.78 is 15.2. The van der Waals surface area contributed by atoms with Gasteiger partial charge < -0.3 is 10.2 Å². The number of benzene rings is 1. The number of H-pyrrole nitrogens is 1. The number of piperidine rings is 1. The zero-order valence-electron chi connectivity index (χ0n) is 15.2.